The van der Waals surface area contributed by atoms with E-state index >= 15 is 0 Å². The van der Waals surface area contributed by atoms with Crippen molar-refractivity contribution in [3.63, 3.8) is 0 Å². The van der Waals surface area contributed by atoms with Gasteiger partial charge in [-0.15, -0.1) is 0 Å². The van der Waals surface area contributed by atoms with Gasteiger partial charge in [0.25, 0.3) is 0 Å². The summed E-state index contributed by atoms with van der Waals surface area (Å²) >= 11 is 3.49. The Balaban J connectivity index is 2.21. The number of nitrogens with one attached hydrogen (secondary N) is 1. The molecule has 0 aliphatic heterocycles. The van der Waals surface area contributed by atoms with Crippen LogP contribution in [0.5, 0.6) is 0 Å². The van der Waals surface area contributed by atoms with Crippen molar-refractivity contribution < 1.29 is 0 Å². The van der Waals surface area contributed by atoms with Crippen LogP contribution < -0.4 is 11.3 Å². The first-order chi connectivity index (χ1) is 10.0. The lowest BCUT2D eigenvalue weighted by Gasteiger charge is -2.19. The maximum atomic E-state index is 5.76. The third-order valence-electron chi connectivity index (χ3n) is 3.43. The van der Waals surface area contributed by atoms with Crippen molar-refractivity contribution in [2.24, 2.45) is 11.8 Å². The van der Waals surface area contributed by atoms with Gasteiger partial charge in [0.15, 0.2) is 0 Å². The van der Waals surface area contributed by atoms with Crippen molar-refractivity contribution in [3.05, 3.63) is 46.0 Å². The summed E-state index contributed by atoms with van der Waals surface area (Å²) in [5.41, 5.74) is 5.28. The third-order valence-corrected chi connectivity index (χ3v) is 3.92. The fourth-order valence-corrected chi connectivity index (χ4v) is 2.89. The molecule has 0 aliphatic rings. The molecule has 0 spiro atoms. The molecule has 0 fully saturated rings. The Hall–Kier alpha value is -1.24. The number of benzene rings is 1. The predicted molar refractivity (Wildman–Crippen MR) is 87.5 cm³/mol. The van der Waals surface area contributed by atoms with Gasteiger partial charge < -0.3 is 0 Å². The zero-order chi connectivity index (χ0) is 15.4. The van der Waals surface area contributed by atoms with E-state index in [9.17, 15) is 0 Å². The van der Waals surface area contributed by atoms with Gasteiger partial charge in [-0.1, -0.05) is 35.8 Å². The number of hydrazine groups is 1. The summed E-state index contributed by atoms with van der Waals surface area (Å²) in [6.07, 6.45) is 2.32. The average molecular weight is 352 g/mol. The van der Waals surface area contributed by atoms with Crippen LogP contribution in [-0.2, 0) is 13.0 Å². The summed E-state index contributed by atoms with van der Waals surface area (Å²) in [6, 6.07) is 6.24. The minimum absolute atomic E-state index is 0.0215. The van der Waals surface area contributed by atoms with E-state index in [4.69, 9.17) is 5.84 Å². The highest BCUT2D eigenvalue weighted by atomic mass is 79.9. The van der Waals surface area contributed by atoms with Crippen LogP contribution in [0, 0.1) is 12.8 Å². The molecule has 6 heteroatoms. The normalized spacial score (nSPS) is 12.9. The SMILES string of the molecule is Cc1cc(Br)ccc1C(Cc1ncnn1CC(C)C)NN. The van der Waals surface area contributed by atoms with Crippen molar-refractivity contribution in [2.45, 2.75) is 39.8 Å². The molecule has 114 valence electrons. The fourth-order valence-electron chi connectivity index (χ4n) is 2.42. The van der Waals surface area contributed by atoms with Gasteiger partial charge in [-0.2, -0.15) is 5.10 Å². The van der Waals surface area contributed by atoms with E-state index in [1.807, 2.05) is 10.7 Å². The lowest BCUT2D eigenvalue weighted by Crippen LogP contribution is -2.31. The van der Waals surface area contributed by atoms with Crippen LogP contribution in [0.3, 0.4) is 0 Å². The van der Waals surface area contributed by atoms with Gasteiger partial charge in [0.1, 0.15) is 12.2 Å². The second-order valence-electron chi connectivity index (χ2n) is 5.68. The zero-order valence-electron chi connectivity index (χ0n) is 12.7. The number of rotatable bonds is 6. The maximum Gasteiger partial charge on any atom is 0.138 e. The maximum absolute atomic E-state index is 5.76. The van der Waals surface area contributed by atoms with Crippen molar-refractivity contribution in [2.75, 3.05) is 0 Å². The van der Waals surface area contributed by atoms with Gasteiger partial charge >= 0.3 is 0 Å². The molecule has 1 heterocycles. The van der Waals surface area contributed by atoms with Crippen LogP contribution in [0.25, 0.3) is 0 Å². The number of halogens is 1. The number of hydrogen-bond donors (Lipinski definition) is 2. The van der Waals surface area contributed by atoms with E-state index in [-0.39, 0.29) is 6.04 Å². The molecule has 5 nitrogen and oxygen atoms in total. The Morgan fingerprint density at radius 3 is 2.76 bits per heavy atom. The highest BCUT2D eigenvalue weighted by Crippen LogP contribution is 2.23. The van der Waals surface area contributed by atoms with E-state index in [0.29, 0.717) is 12.3 Å². The second-order valence-corrected chi connectivity index (χ2v) is 6.59. The first-order valence-electron chi connectivity index (χ1n) is 7.10. The Morgan fingerprint density at radius 2 is 2.14 bits per heavy atom. The van der Waals surface area contributed by atoms with Gasteiger partial charge in [-0.05, 0) is 36.1 Å². The minimum Gasteiger partial charge on any atom is -0.271 e. The van der Waals surface area contributed by atoms with E-state index in [1.54, 1.807) is 6.33 Å². The molecule has 3 N–H and O–H groups in total. The molecule has 1 unspecified atom stereocenters. The highest BCUT2D eigenvalue weighted by molar-refractivity contribution is 9.10. The summed E-state index contributed by atoms with van der Waals surface area (Å²) in [5, 5.41) is 4.30. The molecular formula is C15H22BrN5. The zero-order valence-corrected chi connectivity index (χ0v) is 14.3. The second kappa shape index (κ2) is 7.15. The smallest absolute Gasteiger partial charge is 0.138 e. The lowest BCUT2D eigenvalue weighted by atomic mass is 9.99. The third kappa shape index (κ3) is 4.12. The van der Waals surface area contributed by atoms with Crippen LogP contribution in [0.15, 0.2) is 29.0 Å². The average Bonchev–Trinajstić information content (AvgIpc) is 2.83. The van der Waals surface area contributed by atoms with E-state index in [1.165, 1.54) is 11.1 Å². The van der Waals surface area contributed by atoms with Gasteiger partial charge in [-0.25, -0.2) is 9.67 Å². The first-order valence-corrected chi connectivity index (χ1v) is 7.89. The number of nitrogens with zero attached hydrogens (tertiary/aromatic N) is 3. The summed E-state index contributed by atoms with van der Waals surface area (Å²) in [4.78, 5) is 4.38. The molecule has 1 aromatic heterocycles. The summed E-state index contributed by atoms with van der Waals surface area (Å²) in [7, 11) is 0. The van der Waals surface area contributed by atoms with Gasteiger partial charge in [0.2, 0.25) is 0 Å². The van der Waals surface area contributed by atoms with Crippen molar-refractivity contribution in [3.8, 4) is 0 Å². The monoisotopic (exact) mass is 351 g/mol. The molecule has 21 heavy (non-hydrogen) atoms. The number of aromatic nitrogens is 3. The minimum atomic E-state index is 0.0215. The predicted octanol–water partition coefficient (Wildman–Crippen LogP) is 2.75. The van der Waals surface area contributed by atoms with Gasteiger partial charge in [-0.3, -0.25) is 11.3 Å². The number of hydrogen-bond acceptors (Lipinski definition) is 4. The largest absolute Gasteiger partial charge is 0.271 e. The van der Waals surface area contributed by atoms with Crippen LogP contribution in [-0.4, -0.2) is 14.8 Å². The van der Waals surface area contributed by atoms with E-state index in [2.05, 4.69) is 64.3 Å². The first kappa shape index (κ1) is 16.1. The Labute approximate surface area is 134 Å². The summed E-state index contributed by atoms with van der Waals surface area (Å²) in [6.45, 7) is 7.29. The molecule has 2 rings (SSSR count). The lowest BCUT2D eigenvalue weighted by molar-refractivity contribution is 0.446. The van der Waals surface area contributed by atoms with Crippen LogP contribution in [0.1, 0.15) is 36.8 Å². The van der Waals surface area contributed by atoms with Gasteiger partial charge in [0, 0.05) is 17.4 Å². The summed E-state index contributed by atoms with van der Waals surface area (Å²) < 4.78 is 3.03. The summed E-state index contributed by atoms with van der Waals surface area (Å²) in [5.74, 6) is 7.24. The van der Waals surface area contributed by atoms with Gasteiger partial charge in [0.05, 0.1) is 6.04 Å². The van der Waals surface area contributed by atoms with E-state index in [0.717, 1.165) is 16.8 Å². The Kier molecular flexibility index (Phi) is 5.50. The molecule has 0 bridgehead atoms. The molecule has 1 aromatic carbocycles. The van der Waals surface area contributed by atoms with Crippen LogP contribution in [0.4, 0.5) is 0 Å². The fraction of sp³-hybridized carbons (Fsp3) is 0.467. The van der Waals surface area contributed by atoms with Crippen molar-refractivity contribution in [1.82, 2.24) is 20.2 Å². The highest BCUT2D eigenvalue weighted by Gasteiger charge is 2.17. The Bertz CT molecular complexity index is 593. The van der Waals surface area contributed by atoms with Crippen LogP contribution >= 0.6 is 15.9 Å². The van der Waals surface area contributed by atoms with E-state index < -0.39 is 0 Å². The van der Waals surface area contributed by atoms with Crippen molar-refractivity contribution >= 4 is 15.9 Å². The standard InChI is InChI=1S/C15H22BrN5/c1-10(2)8-21-15(18-9-19-21)7-14(20-17)13-5-4-12(16)6-11(13)3/h4-6,9-10,14,20H,7-8,17H2,1-3H3. The molecule has 0 saturated carbocycles. The molecule has 0 aliphatic carbocycles. The number of aryl methyl sites for hydroxylation is 1. The Morgan fingerprint density at radius 1 is 1.38 bits per heavy atom. The molecular weight excluding hydrogens is 330 g/mol. The molecule has 0 saturated heterocycles. The topological polar surface area (TPSA) is 68.8 Å². The molecule has 0 amide bonds. The quantitative estimate of drug-likeness (QED) is 0.620. The van der Waals surface area contributed by atoms with Crippen LogP contribution in [0.2, 0.25) is 0 Å². The molecule has 0 radical (unpaired) electrons. The molecule has 1 atom stereocenters. The van der Waals surface area contributed by atoms with Crippen molar-refractivity contribution in [1.29, 1.82) is 0 Å². The molecule has 2 aromatic rings. The number of nitrogens with two attached hydrogens (primary N) is 1.